The summed E-state index contributed by atoms with van der Waals surface area (Å²) < 4.78 is 0. The fourth-order valence-corrected chi connectivity index (χ4v) is 3.28. The second-order valence-electron chi connectivity index (χ2n) is 6.28. The standard InChI is InChI=1S/C20H22N4O/c21-14-16-5-7-18(8-6-16)23-15-20(25)24-13-3-1-2-4-19(24)17-9-11-22-12-10-17/h5-12,19,23H,1-4,13,15H2. The number of anilines is 1. The van der Waals surface area contributed by atoms with E-state index in [0.29, 0.717) is 5.56 Å². The summed E-state index contributed by atoms with van der Waals surface area (Å²) in [6.07, 6.45) is 7.92. The van der Waals surface area contributed by atoms with Crippen molar-refractivity contribution in [3.63, 3.8) is 0 Å². The van der Waals surface area contributed by atoms with Gasteiger partial charge in [-0.05, 0) is 54.8 Å². The zero-order valence-electron chi connectivity index (χ0n) is 14.2. The molecule has 128 valence electrons. The minimum Gasteiger partial charge on any atom is -0.376 e. The van der Waals surface area contributed by atoms with Crippen molar-refractivity contribution < 1.29 is 4.79 Å². The van der Waals surface area contributed by atoms with E-state index in [2.05, 4.69) is 16.4 Å². The Hall–Kier alpha value is -2.87. The van der Waals surface area contributed by atoms with Crippen LogP contribution in [0.25, 0.3) is 0 Å². The van der Waals surface area contributed by atoms with Crippen LogP contribution in [0.1, 0.15) is 42.9 Å². The SMILES string of the molecule is N#Cc1ccc(NCC(=O)N2CCCCCC2c2ccncc2)cc1. The van der Waals surface area contributed by atoms with Crippen molar-refractivity contribution in [2.24, 2.45) is 0 Å². The number of hydrogen-bond acceptors (Lipinski definition) is 4. The molecule has 1 aliphatic heterocycles. The summed E-state index contributed by atoms with van der Waals surface area (Å²) in [5.74, 6) is 0.105. The van der Waals surface area contributed by atoms with Crippen LogP contribution in [0.2, 0.25) is 0 Å². The highest BCUT2D eigenvalue weighted by Gasteiger charge is 2.26. The number of carbonyl (C=O) groups excluding carboxylic acids is 1. The minimum atomic E-state index is 0.105. The number of aromatic nitrogens is 1. The minimum absolute atomic E-state index is 0.105. The molecule has 25 heavy (non-hydrogen) atoms. The molecule has 1 unspecified atom stereocenters. The quantitative estimate of drug-likeness (QED) is 0.929. The molecule has 1 aromatic carbocycles. The molecule has 2 heterocycles. The molecule has 0 radical (unpaired) electrons. The topological polar surface area (TPSA) is 69.0 Å². The molecule has 2 aromatic rings. The molecule has 1 atom stereocenters. The van der Waals surface area contributed by atoms with Gasteiger partial charge in [-0.2, -0.15) is 5.26 Å². The third-order valence-electron chi connectivity index (χ3n) is 4.62. The van der Waals surface area contributed by atoms with Gasteiger partial charge in [0.25, 0.3) is 0 Å². The number of nitriles is 1. The molecule has 3 rings (SSSR count). The first kappa shape index (κ1) is 17.0. The molecule has 0 bridgehead atoms. The summed E-state index contributed by atoms with van der Waals surface area (Å²) in [6, 6.07) is 13.4. The lowest BCUT2D eigenvalue weighted by molar-refractivity contribution is -0.131. The predicted octanol–water partition coefficient (Wildman–Crippen LogP) is 3.51. The maximum absolute atomic E-state index is 12.8. The highest BCUT2D eigenvalue weighted by molar-refractivity contribution is 5.81. The highest BCUT2D eigenvalue weighted by atomic mass is 16.2. The lowest BCUT2D eigenvalue weighted by Crippen LogP contribution is -2.38. The van der Waals surface area contributed by atoms with E-state index in [1.54, 1.807) is 24.5 Å². The molecular weight excluding hydrogens is 312 g/mol. The number of carbonyl (C=O) groups is 1. The van der Waals surface area contributed by atoms with Crippen LogP contribution >= 0.6 is 0 Å². The second kappa shape index (κ2) is 8.29. The molecule has 1 aromatic heterocycles. The number of rotatable bonds is 4. The average molecular weight is 334 g/mol. The summed E-state index contributed by atoms with van der Waals surface area (Å²) >= 11 is 0. The van der Waals surface area contributed by atoms with E-state index in [0.717, 1.165) is 43.5 Å². The van der Waals surface area contributed by atoms with Crippen molar-refractivity contribution in [1.82, 2.24) is 9.88 Å². The Labute approximate surface area is 148 Å². The molecule has 0 saturated carbocycles. The number of nitrogens with one attached hydrogen (secondary N) is 1. The monoisotopic (exact) mass is 334 g/mol. The van der Waals surface area contributed by atoms with E-state index in [4.69, 9.17) is 5.26 Å². The summed E-state index contributed by atoms with van der Waals surface area (Å²) in [7, 11) is 0. The van der Waals surface area contributed by atoms with E-state index >= 15 is 0 Å². The lowest BCUT2D eigenvalue weighted by atomic mass is 10.0. The maximum atomic E-state index is 12.8. The number of nitrogens with zero attached hydrogens (tertiary/aromatic N) is 3. The Morgan fingerprint density at radius 1 is 1.16 bits per heavy atom. The van der Waals surface area contributed by atoms with E-state index in [9.17, 15) is 4.79 Å². The predicted molar refractivity (Wildman–Crippen MR) is 96.8 cm³/mol. The number of likely N-dealkylation sites (tertiary alicyclic amines) is 1. The Bertz CT molecular complexity index is 737. The highest BCUT2D eigenvalue weighted by Crippen LogP contribution is 2.29. The Balaban J connectivity index is 1.68. The molecule has 1 saturated heterocycles. The molecule has 0 aliphatic carbocycles. The first-order valence-electron chi connectivity index (χ1n) is 8.71. The van der Waals surface area contributed by atoms with Gasteiger partial charge in [-0.15, -0.1) is 0 Å². The number of pyridine rings is 1. The van der Waals surface area contributed by atoms with Gasteiger partial charge >= 0.3 is 0 Å². The summed E-state index contributed by atoms with van der Waals surface area (Å²) in [5, 5.41) is 12.0. The molecule has 5 nitrogen and oxygen atoms in total. The molecule has 1 fully saturated rings. The van der Waals surface area contributed by atoms with Gasteiger partial charge in [0.1, 0.15) is 0 Å². The van der Waals surface area contributed by atoms with E-state index in [-0.39, 0.29) is 18.5 Å². The number of amides is 1. The van der Waals surface area contributed by atoms with Gasteiger partial charge in [-0.25, -0.2) is 0 Å². The van der Waals surface area contributed by atoms with E-state index < -0.39 is 0 Å². The fourth-order valence-electron chi connectivity index (χ4n) is 3.28. The van der Waals surface area contributed by atoms with Crippen LogP contribution in [0.4, 0.5) is 5.69 Å². The largest absolute Gasteiger partial charge is 0.376 e. The number of hydrogen-bond donors (Lipinski definition) is 1. The van der Waals surface area contributed by atoms with Crippen molar-refractivity contribution in [2.45, 2.75) is 31.7 Å². The normalized spacial score (nSPS) is 17.4. The van der Waals surface area contributed by atoms with Gasteiger partial charge in [-0.1, -0.05) is 12.8 Å². The molecule has 5 heteroatoms. The van der Waals surface area contributed by atoms with Crippen LogP contribution in [0.15, 0.2) is 48.8 Å². The van der Waals surface area contributed by atoms with Crippen molar-refractivity contribution >= 4 is 11.6 Å². The van der Waals surface area contributed by atoms with E-state index in [1.807, 2.05) is 29.2 Å². The van der Waals surface area contributed by atoms with Gasteiger partial charge in [0, 0.05) is 24.6 Å². The first-order chi connectivity index (χ1) is 12.3. The zero-order valence-corrected chi connectivity index (χ0v) is 14.2. The average Bonchev–Trinajstić information content (AvgIpc) is 2.93. The molecule has 1 N–H and O–H groups in total. The first-order valence-corrected chi connectivity index (χ1v) is 8.71. The van der Waals surface area contributed by atoms with Gasteiger partial charge in [-0.3, -0.25) is 9.78 Å². The van der Waals surface area contributed by atoms with Crippen LogP contribution < -0.4 is 5.32 Å². The molecule has 1 aliphatic rings. The van der Waals surface area contributed by atoms with Gasteiger partial charge in [0.2, 0.25) is 5.91 Å². The lowest BCUT2D eigenvalue weighted by Gasteiger charge is -2.30. The van der Waals surface area contributed by atoms with Gasteiger partial charge in [0.05, 0.1) is 24.2 Å². The smallest absolute Gasteiger partial charge is 0.242 e. The van der Waals surface area contributed by atoms with Crippen LogP contribution in [0.5, 0.6) is 0 Å². The van der Waals surface area contributed by atoms with Crippen LogP contribution in [0.3, 0.4) is 0 Å². The maximum Gasteiger partial charge on any atom is 0.242 e. The Kier molecular flexibility index (Phi) is 5.63. The Morgan fingerprint density at radius 3 is 2.64 bits per heavy atom. The summed E-state index contributed by atoms with van der Waals surface area (Å²) in [6.45, 7) is 1.05. The van der Waals surface area contributed by atoms with Gasteiger partial charge < -0.3 is 10.2 Å². The van der Waals surface area contributed by atoms with Crippen molar-refractivity contribution in [1.29, 1.82) is 5.26 Å². The van der Waals surface area contributed by atoms with Crippen molar-refractivity contribution in [2.75, 3.05) is 18.4 Å². The van der Waals surface area contributed by atoms with Gasteiger partial charge in [0.15, 0.2) is 0 Å². The number of benzene rings is 1. The zero-order chi connectivity index (χ0) is 17.5. The summed E-state index contributed by atoms with van der Waals surface area (Å²) in [4.78, 5) is 18.9. The fraction of sp³-hybridized carbons (Fsp3) is 0.350. The second-order valence-corrected chi connectivity index (χ2v) is 6.28. The van der Waals surface area contributed by atoms with Crippen molar-refractivity contribution in [3.8, 4) is 6.07 Å². The third-order valence-corrected chi connectivity index (χ3v) is 4.62. The molecule has 0 spiro atoms. The third kappa shape index (κ3) is 4.36. The molecular formula is C20H22N4O. The van der Waals surface area contributed by atoms with Crippen LogP contribution in [-0.4, -0.2) is 28.9 Å². The Morgan fingerprint density at radius 2 is 1.92 bits per heavy atom. The molecule has 1 amide bonds. The van der Waals surface area contributed by atoms with Crippen LogP contribution in [-0.2, 0) is 4.79 Å². The summed E-state index contributed by atoms with van der Waals surface area (Å²) in [5.41, 5.74) is 2.62. The van der Waals surface area contributed by atoms with E-state index in [1.165, 1.54) is 0 Å². The van der Waals surface area contributed by atoms with Crippen LogP contribution in [0, 0.1) is 11.3 Å². The van der Waals surface area contributed by atoms with Crippen molar-refractivity contribution in [3.05, 3.63) is 59.9 Å².